The van der Waals surface area contributed by atoms with Gasteiger partial charge in [0.25, 0.3) is 0 Å². The van der Waals surface area contributed by atoms with Crippen molar-refractivity contribution in [2.45, 2.75) is 40.2 Å². The van der Waals surface area contributed by atoms with Crippen LogP contribution in [0.25, 0.3) is 0 Å². The summed E-state index contributed by atoms with van der Waals surface area (Å²) in [7, 11) is 1.88. The Kier molecular flexibility index (Phi) is 5.01. The number of rotatable bonds is 5. The molecular formula is C16H23ClN4. The number of halogens is 1. The number of hydrogen-bond donors (Lipinski definition) is 1. The maximum Gasteiger partial charge on any atom is 0.130 e. The summed E-state index contributed by atoms with van der Waals surface area (Å²) in [5, 5.41) is 8.66. The molecule has 0 aliphatic carbocycles. The summed E-state index contributed by atoms with van der Waals surface area (Å²) < 4.78 is 1.73. The predicted molar refractivity (Wildman–Crippen MR) is 86.8 cm³/mol. The Morgan fingerprint density at radius 3 is 2.33 bits per heavy atom. The zero-order chi connectivity index (χ0) is 15.6. The van der Waals surface area contributed by atoms with E-state index in [1.54, 1.807) is 4.68 Å². The highest BCUT2D eigenvalue weighted by molar-refractivity contribution is 6.30. The molecule has 2 aromatic rings. The fraction of sp³-hybridized carbons (Fsp3) is 0.500. The van der Waals surface area contributed by atoms with Gasteiger partial charge in [-0.2, -0.15) is 5.10 Å². The van der Waals surface area contributed by atoms with E-state index in [1.807, 2.05) is 27.8 Å². The second-order valence-corrected chi connectivity index (χ2v) is 5.83. The van der Waals surface area contributed by atoms with Crippen LogP contribution in [0.3, 0.4) is 0 Å². The molecule has 21 heavy (non-hydrogen) atoms. The van der Waals surface area contributed by atoms with E-state index in [9.17, 15) is 0 Å². The molecule has 0 radical (unpaired) electrons. The van der Waals surface area contributed by atoms with Crippen molar-refractivity contribution in [3.63, 3.8) is 0 Å². The van der Waals surface area contributed by atoms with Crippen LogP contribution in [0.1, 0.15) is 41.2 Å². The van der Waals surface area contributed by atoms with E-state index in [4.69, 9.17) is 11.6 Å². The minimum atomic E-state index is 0.218. The van der Waals surface area contributed by atoms with Gasteiger partial charge in [-0.3, -0.25) is 9.67 Å². The second-order valence-electron chi connectivity index (χ2n) is 5.48. The Balaban J connectivity index is 2.35. The first kappa shape index (κ1) is 16.0. The SMILES string of the molecule is CCNC(Cc1c(C)nn(C)c1Cl)c1cc(C)nc(C)c1. The number of nitrogens with zero attached hydrogens (tertiary/aromatic N) is 3. The molecule has 2 heterocycles. The number of aromatic nitrogens is 3. The molecular weight excluding hydrogens is 284 g/mol. The number of likely N-dealkylation sites (N-methyl/N-ethyl adjacent to an activating group) is 1. The van der Waals surface area contributed by atoms with Crippen molar-refractivity contribution in [3.8, 4) is 0 Å². The summed E-state index contributed by atoms with van der Waals surface area (Å²) in [6, 6.07) is 4.50. The van der Waals surface area contributed by atoms with E-state index in [0.29, 0.717) is 0 Å². The van der Waals surface area contributed by atoms with Crippen LogP contribution in [0.5, 0.6) is 0 Å². The zero-order valence-electron chi connectivity index (χ0n) is 13.4. The normalized spacial score (nSPS) is 12.7. The minimum Gasteiger partial charge on any atom is -0.310 e. The van der Waals surface area contributed by atoms with Crippen LogP contribution in [-0.2, 0) is 13.5 Å². The van der Waals surface area contributed by atoms with Crippen molar-refractivity contribution in [1.82, 2.24) is 20.1 Å². The van der Waals surface area contributed by atoms with E-state index in [2.05, 4.69) is 34.5 Å². The second kappa shape index (κ2) is 6.58. The molecule has 1 atom stereocenters. The van der Waals surface area contributed by atoms with Gasteiger partial charge in [-0.05, 0) is 51.4 Å². The molecule has 1 N–H and O–H groups in total. The molecule has 0 aromatic carbocycles. The van der Waals surface area contributed by atoms with Gasteiger partial charge in [-0.15, -0.1) is 0 Å². The lowest BCUT2D eigenvalue weighted by Gasteiger charge is -2.19. The van der Waals surface area contributed by atoms with Gasteiger partial charge in [0.15, 0.2) is 0 Å². The maximum atomic E-state index is 6.37. The van der Waals surface area contributed by atoms with Gasteiger partial charge in [0.2, 0.25) is 0 Å². The number of pyridine rings is 1. The molecule has 114 valence electrons. The Morgan fingerprint density at radius 1 is 1.24 bits per heavy atom. The molecule has 1 unspecified atom stereocenters. The molecule has 0 aliphatic rings. The van der Waals surface area contributed by atoms with Gasteiger partial charge < -0.3 is 5.32 Å². The summed E-state index contributed by atoms with van der Waals surface area (Å²) in [6.45, 7) is 9.09. The molecule has 4 nitrogen and oxygen atoms in total. The van der Waals surface area contributed by atoms with Crippen LogP contribution >= 0.6 is 11.6 Å². The van der Waals surface area contributed by atoms with Crippen molar-refractivity contribution in [1.29, 1.82) is 0 Å². The van der Waals surface area contributed by atoms with Crippen LogP contribution in [-0.4, -0.2) is 21.3 Å². The Bertz CT molecular complexity index is 613. The van der Waals surface area contributed by atoms with E-state index >= 15 is 0 Å². The number of aryl methyl sites for hydroxylation is 4. The Morgan fingerprint density at radius 2 is 1.86 bits per heavy atom. The van der Waals surface area contributed by atoms with Crippen molar-refractivity contribution in [2.24, 2.45) is 7.05 Å². The predicted octanol–water partition coefficient (Wildman–Crippen LogP) is 3.29. The van der Waals surface area contributed by atoms with Gasteiger partial charge in [0.1, 0.15) is 5.15 Å². The van der Waals surface area contributed by atoms with E-state index in [-0.39, 0.29) is 6.04 Å². The summed E-state index contributed by atoms with van der Waals surface area (Å²) in [4.78, 5) is 4.45. The highest BCUT2D eigenvalue weighted by Gasteiger charge is 2.18. The van der Waals surface area contributed by atoms with Gasteiger partial charge in [-0.1, -0.05) is 18.5 Å². The van der Waals surface area contributed by atoms with Crippen LogP contribution < -0.4 is 5.32 Å². The number of nitrogens with one attached hydrogen (secondary N) is 1. The van der Waals surface area contributed by atoms with Gasteiger partial charge in [0.05, 0.1) is 5.69 Å². The maximum absolute atomic E-state index is 6.37. The standard InChI is InChI=1S/C16H23ClN4/c1-6-18-15(13-7-10(2)19-11(3)8-13)9-14-12(4)20-21(5)16(14)17/h7-8,15,18H,6,9H2,1-5H3. The highest BCUT2D eigenvalue weighted by Crippen LogP contribution is 2.26. The largest absolute Gasteiger partial charge is 0.310 e. The molecule has 2 rings (SSSR count). The van der Waals surface area contributed by atoms with Gasteiger partial charge >= 0.3 is 0 Å². The van der Waals surface area contributed by atoms with Crippen molar-refractivity contribution < 1.29 is 0 Å². The van der Waals surface area contributed by atoms with E-state index < -0.39 is 0 Å². The first-order chi connectivity index (χ1) is 9.92. The fourth-order valence-corrected chi connectivity index (χ4v) is 2.98. The lowest BCUT2D eigenvalue weighted by atomic mass is 9.98. The molecule has 0 saturated carbocycles. The minimum absolute atomic E-state index is 0.218. The third kappa shape index (κ3) is 3.63. The molecule has 2 aromatic heterocycles. The molecule has 0 bridgehead atoms. The smallest absolute Gasteiger partial charge is 0.130 e. The van der Waals surface area contributed by atoms with E-state index in [1.165, 1.54) is 5.56 Å². The van der Waals surface area contributed by atoms with Crippen LogP contribution in [0, 0.1) is 20.8 Å². The first-order valence-corrected chi connectivity index (χ1v) is 7.66. The molecule has 0 aliphatic heterocycles. The zero-order valence-corrected chi connectivity index (χ0v) is 14.1. The van der Waals surface area contributed by atoms with Gasteiger partial charge in [-0.25, -0.2) is 0 Å². The highest BCUT2D eigenvalue weighted by atomic mass is 35.5. The molecule has 0 fully saturated rings. The monoisotopic (exact) mass is 306 g/mol. The topological polar surface area (TPSA) is 42.7 Å². The average molecular weight is 307 g/mol. The van der Waals surface area contributed by atoms with Crippen molar-refractivity contribution in [2.75, 3.05) is 6.54 Å². The average Bonchev–Trinajstić information content (AvgIpc) is 2.63. The summed E-state index contributed by atoms with van der Waals surface area (Å²) >= 11 is 6.37. The lowest BCUT2D eigenvalue weighted by molar-refractivity contribution is 0.547. The molecule has 0 amide bonds. The summed E-state index contributed by atoms with van der Waals surface area (Å²) in [5.74, 6) is 0. The third-order valence-electron chi connectivity index (χ3n) is 3.63. The van der Waals surface area contributed by atoms with Crippen LogP contribution in [0.4, 0.5) is 0 Å². The van der Waals surface area contributed by atoms with Gasteiger partial charge in [0, 0.05) is 30.0 Å². The Hall–Kier alpha value is -1.39. The van der Waals surface area contributed by atoms with Crippen molar-refractivity contribution >= 4 is 11.6 Å². The molecule has 0 saturated heterocycles. The van der Waals surface area contributed by atoms with E-state index in [0.717, 1.165) is 40.8 Å². The first-order valence-electron chi connectivity index (χ1n) is 7.29. The summed E-state index contributed by atoms with van der Waals surface area (Å²) in [5.41, 5.74) is 5.44. The Labute approximate surface area is 131 Å². The lowest BCUT2D eigenvalue weighted by Crippen LogP contribution is -2.23. The van der Waals surface area contributed by atoms with Crippen LogP contribution in [0.2, 0.25) is 5.15 Å². The van der Waals surface area contributed by atoms with Crippen molar-refractivity contribution in [3.05, 3.63) is 45.5 Å². The van der Waals surface area contributed by atoms with Crippen LogP contribution in [0.15, 0.2) is 12.1 Å². The molecule has 0 spiro atoms. The number of hydrogen-bond acceptors (Lipinski definition) is 3. The quantitative estimate of drug-likeness (QED) is 0.922. The summed E-state index contributed by atoms with van der Waals surface area (Å²) in [6.07, 6.45) is 0.829. The fourth-order valence-electron chi connectivity index (χ4n) is 2.73. The third-order valence-corrected chi connectivity index (χ3v) is 4.11. The molecule has 5 heteroatoms.